The largest absolute Gasteiger partial charge is 0.368 e. The van der Waals surface area contributed by atoms with Gasteiger partial charge in [0.25, 0.3) is 0 Å². The fraction of sp³-hybridized carbons (Fsp3) is 0.273. The van der Waals surface area contributed by atoms with Gasteiger partial charge in [-0.2, -0.15) is 4.98 Å². The maximum atomic E-state index is 5.54. The highest BCUT2D eigenvalue weighted by molar-refractivity contribution is 9.10. The summed E-state index contributed by atoms with van der Waals surface area (Å²) >= 11 is 5.18. The molecule has 6 heteroatoms. The minimum Gasteiger partial charge on any atom is -0.368 e. The molecule has 0 saturated heterocycles. The minimum atomic E-state index is 0.272. The summed E-state index contributed by atoms with van der Waals surface area (Å²) < 4.78 is 0.816. The highest BCUT2D eigenvalue weighted by atomic mass is 79.9. The summed E-state index contributed by atoms with van der Waals surface area (Å²) in [4.78, 5) is 10.7. The van der Waals surface area contributed by atoms with Crippen molar-refractivity contribution in [2.45, 2.75) is 20.4 Å². The first kappa shape index (κ1) is 12.3. The number of halogens is 1. The van der Waals surface area contributed by atoms with E-state index in [1.807, 2.05) is 0 Å². The normalized spacial score (nSPS) is 10.5. The van der Waals surface area contributed by atoms with E-state index in [4.69, 9.17) is 5.73 Å². The molecule has 0 aliphatic heterocycles. The number of nitrogen functional groups attached to an aromatic ring is 1. The summed E-state index contributed by atoms with van der Waals surface area (Å²) in [5, 5.41) is 3.24. The number of thiophene rings is 1. The van der Waals surface area contributed by atoms with E-state index in [2.05, 4.69) is 51.1 Å². The Morgan fingerprint density at radius 2 is 2.24 bits per heavy atom. The highest BCUT2D eigenvalue weighted by Gasteiger charge is 2.05. The van der Waals surface area contributed by atoms with E-state index in [-0.39, 0.29) is 5.95 Å². The summed E-state index contributed by atoms with van der Waals surface area (Å²) in [6.45, 7) is 4.99. The van der Waals surface area contributed by atoms with Gasteiger partial charge in [-0.05, 0) is 41.4 Å². The number of aromatic nitrogens is 2. The number of aryl methyl sites for hydroxylation is 2. The van der Waals surface area contributed by atoms with Gasteiger partial charge in [-0.25, -0.2) is 4.98 Å². The molecule has 0 bridgehead atoms. The molecule has 3 N–H and O–H groups in total. The number of nitrogens with two attached hydrogens (primary N) is 1. The molecule has 2 heterocycles. The molecule has 0 aliphatic rings. The molecule has 0 spiro atoms. The van der Waals surface area contributed by atoms with Gasteiger partial charge in [-0.3, -0.25) is 0 Å². The Morgan fingerprint density at radius 3 is 2.88 bits per heavy atom. The van der Waals surface area contributed by atoms with Crippen molar-refractivity contribution >= 4 is 39.0 Å². The Labute approximate surface area is 112 Å². The smallest absolute Gasteiger partial charge is 0.221 e. The van der Waals surface area contributed by atoms with Crippen molar-refractivity contribution in [2.75, 3.05) is 11.1 Å². The Morgan fingerprint density at radius 1 is 1.47 bits per heavy atom. The van der Waals surface area contributed by atoms with Crippen LogP contribution in [0.4, 0.5) is 11.8 Å². The molecule has 4 nitrogen and oxygen atoms in total. The quantitative estimate of drug-likeness (QED) is 0.914. The zero-order valence-corrected chi connectivity index (χ0v) is 12.0. The Bertz CT molecular complexity index is 519. The van der Waals surface area contributed by atoms with Crippen LogP contribution in [0.1, 0.15) is 15.3 Å². The second-order valence-electron chi connectivity index (χ2n) is 3.73. The molecular weight excluding hydrogens is 300 g/mol. The summed E-state index contributed by atoms with van der Waals surface area (Å²) in [6, 6.07) is 2.19. The molecule has 0 aromatic carbocycles. The number of anilines is 2. The van der Waals surface area contributed by atoms with Gasteiger partial charge in [0.2, 0.25) is 5.95 Å². The maximum absolute atomic E-state index is 5.54. The third kappa shape index (κ3) is 2.95. The SMILES string of the molecule is Cc1cc(CNc2nc(N)ncc2Br)sc1C. The van der Waals surface area contributed by atoms with E-state index in [9.17, 15) is 0 Å². The molecule has 2 aromatic heterocycles. The molecule has 0 amide bonds. The van der Waals surface area contributed by atoms with Crippen LogP contribution in [0.2, 0.25) is 0 Å². The lowest BCUT2D eigenvalue weighted by Crippen LogP contribution is -2.04. The summed E-state index contributed by atoms with van der Waals surface area (Å²) in [7, 11) is 0. The van der Waals surface area contributed by atoms with Crippen molar-refractivity contribution in [2.24, 2.45) is 0 Å². The van der Waals surface area contributed by atoms with Crippen LogP contribution in [-0.2, 0) is 6.54 Å². The van der Waals surface area contributed by atoms with E-state index in [1.165, 1.54) is 15.3 Å². The first-order valence-electron chi connectivity index (χ1n) is 5.14. The molecule has 90 valence electrons. The molecule has 2 aromatic rings. The maximum Gasteiger partial charge on any atom is 0.221 e. The Hall–Kier alpha value is -1.14. The van der Waals surface area contributed by atoms with E-state index in [0.29, 0.717) is 0 Å². The van der Waals surface area contributed by atoms with Gasteiger partial charge in [-0.1, -0.05) is 0 Å². The second-order valence-corrected chi connectivity index (χ2v) is 5.93. The third-order valence-corrected chi connectivity index (χ3v) is 4.14. The monoisotopic (exact) mass is 312 g/mol. The first-order chi connectivity index (χ1) is 8.06. The number of nitrogens with zero attached hydrogens (tertiary/aromatic N) is 2. The van der Waals surface area contributed by atoms with Gasteiger partial charge in [-0.15, -0.1) is 11.3 Å². The fourth-order valence-corrected chi connectivity index (χ4v) is 2.74. The van der Waals surface area contributed by atoms with Gasteiger partial charge in [0.1, 0.15) is 5.82 Å². The number of hydrogen-bond acceptors (Lipinski definition) is 5. The molecule has 17 heavy (non-hydrogen) atoms. The van der Waals surface area contributed by atoms with E-state index in [1.54, 1.807) is 17.5 Å². The molecule has 2 rings (SSSR count). The van der Waals surface area contributed by atoms with Crippen LogP contribution >= 0.6 is 27.3 Å². The average molecular weight is 313 g/mol. The van der Waals surface area contributed by atoms with Crippen molar-refractivity contribution in [1.29, 1.82) is 0 Å². The lowest BCUT2D eigenvalue weighted by Gasteiger charge is -2.06. The van der Waals surface area contributed by atoms with Gasteiger partial charge in [0.15, 0.2) is 0 Å². The zero-order chi connectivity index (χ0) is 12.4. The molecule has 0 saturated carbocycles. The second kappa shape index (κ2) is 5.01. The number of nitrogens with one attached hydrogen (secondary N) is 1. The van der Waals surface area contributed by atoms with Crippen molar-refractivity contribution in [1.82, 2.24) is 9.97 Å². The number of hydrogen-bond donors (Lipinski definition) is 2. The van der Waals surface area contributed by atoms with Crippen LogP contribution in [0, 0.1) is 13.8 Å². The Balaban J connectivity index is 2.09. The summed E-state index contributed by atoms with van der Waals surface area (Å²) in [6.07, 6.45) is 1.65. The van der Waals surface area contributed by atoms with Crippen LogP contribution in [0.5, 0.6) is 0 Å². The van der Waals surface area contributed by atoms with Crippen molar-refractivity contribution in [3.05, 3.63) is 32.1 Å². The highest BCUT2D eigenvalue weighted by Crippen LogP contribution is 2.23. The molecule has 0 unspecified atom stereocenters. The van der Waals surface area contributed by atoms with Crippen LogP contribution in [-0.4, -0.2) is 9.97 Å². The molecule has 0 aliphatic carbocycles. The first-order valence-corrected chi connectivity index (χ1v) is 6.75. The molecule has 0 atom stereocenters. The third-order valence-electron chi connectivity index (χ3n) is 2.41. The molecule has 0 radical (unpaired) electrons. The van der Waals surface area contributed by atoms with Crippen LogP contribution in [0.3, 0.4) is 0 Å². The van der Waals surface area contributed by atoms with E-state index < -0.39 is 0 Å². The number of rotatable bonds is 3. The summed E-state index contributed by atoms with van der Waals surface area (Å²) in [5.74, 6) is 0.996. The molecule has 0 fully saturated rings. The van der Waals surface area contributed by atoms with Gasteiger partial charge < -0.3 is 11.1 Å². The van der Waals surface area contributed by atoms with Crippen molar-refractivity contribution < 1.29 is 0 Å². The van der Waals surface area contributed by atoms with Crippen molar-refractivity contribution in [3.63, 3.8) is 0 Å². The van der Waals surface area contributed by atoms with Crippen LogP contribution in [0.15, 0.2) is 16.7 Å². The van der Waals surface area contributed by atoms with Crippen LogP contribution < -0.4 is 11.1 Å². The predicted octanol–water partition coefficient (Wildman–Crippen LogP) is 3.11. The zero-order valence-electron chi connectivity index (χ0n) is 9.62. The van der Waals surface area contributed by atoms with Gasteiger partial charge in [0.05, 0.1) is 11.0 Å². The average Bonchev–Trinajstić information content (AvgIpc) is 2.60. The fourth-order valence-electron chi connectivity index (χ4n) is 1.41. The molecular formula is C11H13BrN4S. The van der Waals surface area contributed by atoms with Gasteiger partial charge in [0, 0.05) is 16.0 Å². The topological polar surface area (TPSA) is 63.8 Å². The van der Waals surface area contributed by atoms with E-state index >= 15 is 0 Å². The standard InChI is InChI=1S/C11H13BrN4S/c1-6-3-8(17-7(6)2)4-14-10-9(12)5-15-11(13)16-10/h3,5H,4H2,1-2H3,(H3,13,14,15,16). The lowest BCUT2D eigenvalue weighted by molar-refractivity contribution is 1.10. The predicted molar refractivity (Wildman–Crippen MR) is 75.3 cm³/mol. The van der Waals surface area contributed by atoms with Crippen LogP contribution in [0.25, 0.3) is 0 Å². The van der Waals surface area contributed by atoms with Gasteiger partial charge >= 0.3 is 0 Å². The Kier molecular flexibility index (Phi) is 3.63. The lowest BCUT2D eigenvalue weighted by atomic mass is 10.3. The minimum absolute atomic E-state index is 0.272. The van der Waals surface area contributed by atoms with E-state index in [0.717, 1.165) is 16.8 Å². The van der Waals surface area contributed by atoms with Crippen molar-refractivity contribution in [3.8, 4) is 0 Å². The summed E-state index contributed by atoms with van der Waals surface area (Å²) in [5.41, 5.74) is 6.87.